The summed E-state index contributed by atoms with van der Waals surface area (Å²) in [7, 11) is 0. The van der Waals surface area contributed by atoms with Crippen molar-refractivity contribution in [3.8, 4) is 11.5 Å². The molecule has 72 valence electrons. The maximum absolute atomic E-state index is 13.0. The first-order valence-electron chi connectivity index (χ1n) is 3.95. The molecule has 0 spiro atoms. The lowest BCUT2D eigenvalue weighted by Crippen LogP contribution is -1.98. The van der Waals surface area contributed by atoms with Crippen molar-refractivity contribution in [2.24, 2.45) is 0 Å². The number of aromatic hydroxyl groups is 2. The van der Waals surface area contributed by atoms with Crippen LogP contribution in [0.5, 0.6) is 11.5 Å². The van der Waals surface area contributed by atoms with Crippen LogP contribution in [0.1, 0.15) is 25.0 Å². The number of hydrogen-bond acceptors (Lipinski definition) is 3. The Morgan fingerprint density at radius 3 is 2.38 bits per heavy atom. The van der Waals surface area contributed by atoms with Crippen LogP contribution in [0.3, 0.4) is 0 Å². The van der Waals surface area contributed by atoms with E-state index in [4.69, 9.17) is 10.2 Å². The number of rotatable bonds is 2. The summed E-state index contributed by atoms with van der Waals surface area (Å²) in [5.74, 6) is -1.67. The summed E-state index contributed by atoms with van der Waals surface area (Å²) in [5.41, 5.74) is -0.00204. The third-order valence-electron chi connectivity index (χ3n) is 1.84. The fourth-order valence-electron chi connectivity index (χ4n) is 1.04. The number of aliphatic hydroxyl groups excluding tert-OH is 1. The van der Waals surface area contributed by atoms with Crippen LogP contribution in [0, 0.1) is 5.82 Å². The normalized spacial score (nSPS) is 12.8. The van der Waals surface area contributed by atoms with Crippen molar-refractivity contribution in [2.45, 2.75) is 19.4 Å². The minimum absolute atomic E-state index is 0.00204. The SMILES string of the molecule is CC[C@H](O)c1cc(O)c(O)cc1[18F]. The Kier molecular flexibility index (Phi) is 2.72. The Balaban J connectivity index is 3.15. The summed E-state index contributed by atoms with van der Waals surface area (Å²) in [6.07, 6.45) is -0.604. The Labute approximate surface area is 75.1 Å². The molecule has 1 atom stereocenters. The van der Waals surface area contributed by atoms with Gasteiger partial charge in [0.2, 0.25) is 0 Å². The van der Waals surface area contributed by atoms with Crippen LogP contribution in [-0.2, 0) is 0 Å². The zero-order chi connectivity index (χ0) is 10.0. The molecule has 3 N–H and O–H groups in total. The molecule has 1 aromatic rings. The molecule has 3 nitrogen and oxygen atoms in total. The first kappa shape index (κ1) is 9.80. The van der Waals surface area contributed by atoms with Crippen molar-refractivity contribution in [3.63, 3.8) is 0 Å². The maximum atomic E-state index is 13.0. The highest BCUT2D eigenvalue weighted by molar-refractivity contribution is 5.42. The second-order valence-corrected chi connectivity index (χ2v) is 2.79. The van der Waals surface area contributed by atoms with Crippen LogP contribution < -0.4 is 0 Å². The van der Waals surface area contributed by atoms with E-state index in [1.165, 1.54) is 0 Å². The van der Waals surface area contributed by atoms with E-state index in [-0.39, 0.29) is 5.56 Å². The fraction of sp³-hybridized carbons (Fsp3) is 0.333. The van der Waals surface area contributed by atoms with Crippen molar-refractivity contribution < 1.29 is 19.7 Å². The highest BCUT2D eigenvalue weighted by atomic mass is 18.2. The Hall–Kier alpha value is -1.29. The number of aliphatic hydroxyl groups is 1. The predicted molar refractivity (Wildman–Crippen MR) is 45.0 cm³/mol. The van der Waals surface area contributed by atoms with Crippen LogP contribution >= 0.6 is 0 Å². The molecule has 1 aromatic carbocycles. The van der Waals surface area contributed by atoms with E-state index in [2.05, 4.69) is 0 Å². The highest BCUT2D eigenvalue weighted by Crippen LogP contribution is 2.31. The molecule has 0 saturated heterocycles. The van der Waals surface area contributed by atoms with Gasteiger partial charge in [-0.2, -0.15) is 0 Å². The van der Waals surface area contributed by atoms with E-state index in [0.29, 0.717) is 6.42 Å². The van der Waals surface area contributed by atoms with Crippen LogP contribution in [0.15, 0.2) is 12.1 Å². The predicted octanol–water partition coefficient (Wildman–Crippen LogP) is 1.68. The lowest BCUT2D eigenvalue weighted by Gasteiger charge is -2.10. The molecule has 4 heteroatoms. The van der Waals surface area contributed by atoms with E-state index in [0.717, 1.165) is 12.1 Å². The fourth-order valence-corrected chi connectivity index (χ4v) is 1.04. The van der Waals surface area contributed by atoms with Crippen molar-refractivity contribution in [1.82, 2.24) is 0 Å². The van der Waals surface area contributed by atoms with Gasteiger partial charge in [-0.3, -0.25) is 0 Å². The van der Waals surface area contributed by atoms with Crippen LogP contribution in [0.2, 0.25) is 0 Å². The number of phenols is 2. The second kappa shape index (κ2) is 3.62. The molecule has 0 aliphatic carbocycles. The molecule has 0 unspecified atom stereocenters. The Morgan fingerprint density at radius 1 is 1.31 bits per heavy atom. The summed E-state index contributed by atoms with van der Waals surface area (Å²) >= 11 is 0. The van der Waals surface area contributed by atoms with Gasteiger partial charge in [0.05, 0.1) is 6.10 Å². The van der Waals surface area contributed by atoms with Crippen molar-refractivity contribution >= 4 is 0 Å². The van der Waals surface area contributed by atoms with E-state index in [9.17, 15) is 9.50 Å². The van der Waals surface area contributed by atoms with Gasteiger partial charge < -0.3 is 15.3 Å². The monoisotopic (exact) mass is 185 g/mol. The van der Waals surface area contributed by atoms with Crippen molar-refractivity contribution in [3.05, 3.63) is 23.5 Å². The lowest BCUT2D eigenvalue weighted by atomic mass is 10.1. The van der Waals surface area contributed by atoms with Gasteiger partial charge in [0, 0.05) is 11.6 Å². The van der Waals surface area contributed by atoms with Crippen LogP contribution in [0.4, 0.5) is 4.39 Å². The first-order chi connectivity index (χ1) is 6.06. The van der Waals surface area contributed by atoms with Gasteiger partial charge in [0.1, 0.15) is 5.82 Å². The summed E-state index contributed by atoms with van der Waals surface area (Å²) in [6.45, 7) is 1.69. The zero-order valence-electron chi connectivity index (χ0n) is 7.16. The van der Waals surface area contributed by atoms with E-state index >= 15 is 0 Å². The van der Waals surface area contributed by atoms with E-state index < -0.39 is 23.4 Å². The number of phenolic OH excluding ortho intramolecular Hbond substituents is 2. The quantitative estimate of drug-likeness (QED) is 0.614. The minimum atomic E-state index is -0.952. The van der Waals surface area contributed by atoms with Crippen molar-refractivity contribution in [1.29, 1.82) is 0 Å². The van der Waals surface area contributed by atoms with E-state index in [1.807, 2.05) is 0 Å². The molecule has 0 aliphatic heterocycles. The molecular weight excluding hydrogens is 174 g/mol. The zero-order valence-corrected chi connectivity index (χ0v) is 7.16. The van der Waals surface area contributed by atoms with Crippen LogP contribution in [0.25, 0.3) is 0 Å². The summed E-state index contributed by atoms with van der Waals surface area (Å²) < 4.78 is 13.0. The molecule has 0 amide bonds. The second-order valence-electron chi connectivity index (χ2n) is 2.79. The van der Waals surface area contributed by atoms with E-state index in [1.54, 1.807) is 6.92 Å². The molecule has 0 aliphatic rings. The molecule has 0 saturated carbocycles. The standard InChI is InChI=1S/C9H11FO3/c1-2-7(11)5-3-8(12)9(13)4-6(5)10/h3-4,7,11-13H,2H2,1H3/t7-/m0/s1/i10-1. The molecule has 0 bridgehead atoms. The minimum Gasteiger partial charge on any atom is -0.504 e. The van der Waals surface area contributed by atoms with Gasteiger partial charge >= 0.3 is 0 Å². The van der Waals surface area contributed by atoms with Crippen LogP contribution in [-0.4, -0.2) is 15.3 Å². The molecule has 0 aromatic heterocycles. The molecule has 1 rings (SSSR count). The molecule has 0 heterocycles. The van der Waals surface area contributed by atoms with Gasteiger partial charge in [-0.25, -0.2) is 4.39 Å². The van der Waals surface area contributed by atoms with Gasteiger partial charge in [-0.1, -0.05) is 6.92 Å². The highest BCUT2D eigenvalue weighted by Gasteiger charge is 2.14. The summed E-state index contributed by atoms with van der Waals surface area (Å²) in [6, 6.07) is 1.81. The van der Waals surface area contributed by atoms with Gasteiger partial charge in [0.25, 0.3) is 0 Å². The van der Waals surface area contributed by atoms with Gasteiger partial charge in [-0.15, -0.1) is 0 Å². The summed E-state index contributed by atoms with van der Waals surface area (Å²) in [5, 5.41) is 27.2. The molecule has 13 heavy (non-hydrogen) atoms. The van der Waals surface area contributed by atoms with Crippen molar-refractivity contribution in [2.75, 3.05) is 0 Å². The molecule has 0 radical (unpaired) electrons. The maximum Gasteiger partial charge on any atom is 0.160 e. The molecular formula is C9H11FO3. The smallest absolute Gasteiger partial charge is 0.160 e. The first-order valence-corrected chi connectivity index (χ1v) is 3.95. The van der Waals surface area contributed by atoms with Gasteiger partial charge in [-0.05, 0) is 12.5 Å². The average molecular weight is 185 g/mol. The topological polar surface area (TPSA) is 60.7 Å². The summed E-state index contributed by atoms with van der Waals surface area (Å²) in [4.78, 5) is 0. The molecule has 0 fully saturated rings. The lowest BCUT2D eigenvalue weighted by molar-refractivity contribution is 0.168. The Morgan fingerprint density at radius 2 is 1.85 bits per heavy atom. The average Bonchev–Trinajstić information content (AvgIpc) is 2.10. The Bertz CT molecular complexity index is 312. The third-order valence-corrected chi connectivity index (χ3v) is 1.84. The third kappa shape index (κ3) is 1.89. The largest absolute Gasteiger partial charge is 0.504 e. The number of benzene rings is 1. The number of halogens is 1. The number of hydrogen-bond donors (Lipinski definition) is 3. The van der Waals surface area contributed by atoms with Gasteiger partial charge in [0.15, 0.2) is 11.5 Å².